The Kier molecular flexibility index (Phi) is 5.02. The Labute approximate surface area is 205 Å². The van der Waals surface area contributed by atoms with Gasteiger partial charge in [0.25, 0.3) is 0 Å². The molecule has 2 aromatic rings. The fourth-order valence-corrected chi connectivity index (χ4v) is 6.33. The number of benzene rings is 1. The van der Waals surface area contributed by atoms with Crippen LogP contribution in [0.15, 0.2) is 30.5 Å². The number of hydrogen-bond acceptors (Lipinski definition) is 6. The second-order valence-corrected chi connectivity index (χ2v) is 11.1. The van der Waals surface area contributed by atoms with Gasteiger partial charge in [0.15, 0.2) is 0 Å². The number of nitriles is 1. The zero-order chi connectivity index (χ0) is 26.3. The van der Waals surface area contributed by atoms with Gasteiger partial charge in [-0.05, 0) is 36.1 Å². The molecule has 2 aliphatic heterocycles. The summed E-state index contributed by atoms with van der Waals surface area (Å²) < 4.78 is 48.8. The SMILES string of the molecule is CC(C)(C)C1C(OC(N)=O)CN1C(=O)C12CN(c3ccc(C#N)c4ncccc34)CC1(C(F)(F)F)C2. The number of anilines is 1. The van der Waals surface area contributed by atoms with Crippen molar-refractivity contribution < 1.29 is 27.5 Å². The summed E-state index contributed by atoms with van der Waals surface area (Å²) in [7, 11) is 0. The van der Waals surface area contributed by atoms with Crippen LogP contribution in [-0.4, -0.2) is 59.8 Å². The molecule has 3 fully saturated rings. The van der Waals surface area contributed by atoms with Gasteiger partial charge in [-0.3, -0.25) is 9.78 Å². The first kappa shape index (κ1) is 24.2. The summed E-state index contributed by atoms with van der Waals surface area (Å²) in [6, 6.07) is 8.01. The summed E-state index contributed by atoms with van der Waals surface area (Å²) in [6.45, 7) is 5.04. The molecule has 2 N–H and O–H groups in total. The van der Waals surface area contributed by atoms with Crippen LogP contribution >= 0.6 is 0 Å². The van der Waals surface area contributed by atoms with Gasteiger partial charge in [-0.25, -0.2) is 4.79 Å². The zero-order valence-corrected chi connectivity index (χ0v) is 20.1. The number of piperidine rings is 1. The van der Waals surface area contributed by atoms with Crippen LogP contribution in [0.5, 0.6) is 0 Å². The molecule has 8 nitrogen and oxygen atoms in total. The third-order valence-corrected chi connectivity index (χ3v) is 7.96. The number of primary amides is 1. The van der Waals surface area contributed by atoms with Gasteiger partial charge in [-0.1, -0.05) is 20.8 Å². The van der Waals surface area contributed by atoms with E-state index in [0.717, 1.165) is 0 Å². The molecule has 1 aromatic heterocycles. The number of hydrogen-bond donors (Lipinski definition) is 1. The molecule has 5 rings (SSSR count). The lowest BCUT2D eigenvalue weighted by atomic mass is 9.76. The van der Waals surface area contributed by atoms with Gasteiger partial charge in [0.05, 0.1) is 29.1 Å². The average Bonchev–Trinajstić information content (AvgIpc) is 3.31. The molecule has 11 heteroatoms. The van der Waals surface area contributed by atoms with Crippen LogP contribution in [0.2, 0.25) is 0 Å². The Balaban J connectivity index is 1.52. The molecular weight excluding hydrogens is 475 g/mol. The van der Waals surface area contributed by atoms with E-state index >= 15 is 0 Å². The Morgan fingerprint density at radius 1 is 1.22 bits per heavy atom. The van der Waals surface area contributed by atoms with Crippen LogP contribution in [0, 0.1) is 27.6 Å². The van der Waals surface area contributed by atoms with E-state index in [1.54, 1.807) is 29.2 Å². The van der Waals surface area contributed by atoms with Gasteiger partial charge >= 0.3 is 12.3 Å². The molecule has 2 amide bonds. The molecule has 4 unspecified atom stereocenters. The zero-order valence-electron chi connectivity index (χ0n) is 20.1. The van der Waals surface area contributed by atoms with E-state index in [9.17, 15) is 28.0 Å². The van der Waals surface area contributed by atoms with E-state index in [0.29, 0.717) is 22.2 Å². The molecule has 2 saturated heterocycles. The number of halogens is 3. The highest BCUT2D eigenvalue weighted by molar-refractivity contribution is 5.97. The Morgan fingerprint density at radius 2 is 1.94 bits per heavy atom. The van der Waals surface area contributed by atoms with E-state index in [-0.39, 0.29) is 26.1 Å². The molecular formula is C25H26F3N5O3. The van der Waals surface area contributed by atoms with E-state index in [4.69, 9.17) is 10.5 Å². The lowest BCUT2D eigenvalue weighted by molar-refractivity contribution is -0.198. The number of alkyl halides is 3. The van der Waals surface area contributed by atoms with Crippen molar-refractivity contribution in [2.24, 2.45) is 22.0 Å². The van der Waals surface area contributed by atoms with Crippen LogP contribution in [0.25, 0.3) is 10.9 Å². The molecule has 3 heterocycles. The van der Waals surface area contributed by atoms with Crippen molar-refractivity contribution in [3.8, 4) is 6.07 Å². The van der Waals surface area contributed by atoms with Crippen molar-refractivity contribution >= 4 is 28.6 Å². The highest BCUT2D eigenvalue weighted by atomic mass is 19.4. The molecule has 1 aromatic carbocycles. The quantitative estimate of drug-likeness (QED) is 0.688. The van der Waals surface area contributed by atoms with E-state index < -0.39 is 46.6 Å². The number of carbonyl (C=O) groups is 2. The minimum atomic E-state index is -4.59. The van der Waals surface area contributed by atoms with Crippen molar-refractivity contribution in [3.05, 3.63) is 36.0 Å². The van der Waals surface area contributed by atoms with Crippen LogP contribution in [0.1, 0.15) is 32.8 Å². The summed E-state index contributed by atoms with van der Waals surface area (Å²) in [6.07, 6.45) is -5.02. The molecule has 190 valence electrons. The number of pyridine rings is 1. The van der Waals surface area contributed by atoms with Gasteiger partial charge in [0.2, 0.25) is 5.91 Å². The molecule has 4 atom stereocenters. The summed E-state index contributed by atoms with van der Waals surface area (Å²) in [5.74, 6) is -0.581. The Bertz CT molecular complexity index is 1320. The number of carbonyl (C=O) groups excluding carboxylic acids is 2. The third-order valence-electron chi connectivity index (χ3n) is 7.96. The maximum Gasteiger partial charge on any atom is 0.404 e. The molecule has 1 saturated carbocycles. The maximum absolute atomic E-state index is 14.5. The first-order valence-electron chi connectivity index (χ1n) is 11.6. The molecule has 0 radical (unpaired) electrons. The number of aromatic nitrogens is 1. The minimum absolute atomic E-state index is 0.00309. The average molecular weight is 502 g/mol. The summed E-state index contributed by atoms with van der Waals surface area (Å²) in [5.41, 5.74) is 2.03. The van der Waals surface area contributed by atoms with E-state index in [2.05, 4.69) is 11.1 Å². The lowest BCUT2D eigenvalue weighted by Crippen LogP contribution is -2.70. The predicted octanol–water partition coefficient (Wildman–Crippen LogP) is 3.59. The van der Waals surface area contributed by atoms with Crippen molar-refractivity contribution in [2.45, 2.75) is 45.5 Å². The van der Waals surface area contributed by atoms with Gasteiger partial charge < -0.3 is 20.3 Å². The summed E-state index contributed by atoms with van der Waals surface area (Å²) >= 11 is 0. The smallest absolute Gasteiger partial charge is 0.404 e. The fourth-order valence-electron chi connectivity index (χ4n) is 6.33. The van der Waals surface area contributed by atoms with Crippen molar-refractivity contribution in [2.75, 3.05) is 24.5 Å². The number of amides is 2. The molecule has 1 aliphatic carbocycles. The number of nitrogens with two attached hydrogens (primary N) is 1. The van der Waals surface area contributed by atoms with Crippen LogP contribution in [0.3, 0.4) is 0 Å². The number of rotatable bonds is 3. The molecule has 36 heavy (non-hydrogen) atoms. The van der Waals surface area contributed by atoms with Crippen LogP contribution in [-0.2, 0) is 9.53 Å². The largest absolute Gasteiger partial charge is 0.442 e. The van der Waals surface area contributed by atoms with Gasteiger partial charge in [0, 0.05) is 30.4 Å². The predicted molar refractivity (Wildman–Crippen MR) is 124 cm³/mol. The van der Waals surface area contributed by atoms with Crippen molar-refractivity contribution in [1.29, 1.82) is 5.26 Å². The third kappa shape index (κ3) is 3.23. The highest BCUT2D eigenvalue weighted by Gasteiger charge is 2.87. The Morgan fingerprint density at radius 3 is 2.56 bits per heavy atom. The van der Waals surface area contributed by atoms with E-state index in [1.807, 2.05) is 20.8 Å². The first-order chi connectivity index (χ1) is 16.8. The fraction of sp³-hybridized carbons (Fsp3) is 0.520. The number of likely N-dealkylation sites (tertiary alicyclic amines) is 1. The van der Waals surface area contributed by atoms with Crippen LogP contribution < -0.4 is 10.6 Å². The minimum Gasteiger partial charge on any atom is -0.442 e. The van der Waals surface area contributed by atoms with Crippen molar-refractivity contribution in [3.63, 3.8) is 0 Å². The topological polar surface area (TPSA) is 113 Å². The second kappa shape index (κ2) is 7.48. The van der Waals surface area contributed by atoms with Gasteiger partial charge in [-0.2, -0.15) is 18.4 Å². The monoisotopic (exact) mass is 501 g/mol. The summed E-state index contributed by atoms with van der Waals surface area (Å²) in [4.78, 5) is 32.4. The number of fused-ring (bicyclic) bond motifs is 2. The van der Waals surface area contributed by atoms with Gasteiger partial charge in [-0.15, -0.1) is 0 Å². The number of ether oxygens (including phenoxy) is 1. The normalized spacial score (nSPS) is 29.4. The molecule has 0 spiro atoms. The van der Waals surface area contributed by atoms with Gasteiger partial charge in [0.1, 0.15) is 17.6 Å². The van der Waals surface area contributed by atoms with Crippen molar-refractivity contribution in [1.82, 2.24) is 9.88 Å². The maximum atomic E-state index is 14.5. The highest BCUT2D eigenvalue weighted by Crippen LogP contribution is 2.76. The van der Waals surface area contributed by atoms with E-state index in [1.165, 1.54) is 11.1 Å². The lowest BCUT2D eigenvalue weighted by Gasteiger charge is -2.53. The van der Waals surface area contributed by atoms with Crippen LogP contribution in [0.4, 0.5) is 23.7 Å². The number of nitrogens with zero attached hydrogens (tertiary/aromatic N) is 4. The molecule has 0 bridgehead atoms. The molecule has 3 aliphatic rings. The first-order valence-corrected chi connectivity index (χ1v) is 11.6. The second-order valence-electron chi connectivity index (χ2n) is 11.1. The summed E-state index contributed by atoms with van der Waals surface area (Å²) in [5, 5.41) is 9.98. The Hall–Kier alpha value is -3.55. The standard InChI is InChI=1S/C25H26F3N5O3/c1-22(2,3)19-17(36-21(30)35)10-33(19)20(34)23-11-24(23,25(26,27)28)13-32(12-23)16-7-6-14(9-29)18-15(16)5-4-8-31-18/h4-8,17,19H,10-13H2,1-3H3,(H2,30,35).